The summed E-state index contributed by atoms with van der Waals surface area (Å²) in [6.07, 6.45) is 1.43. The van der Waals surface area contributed by atoms with Crippen LogP contribution in [0, 0.1) is 0 Å². The first-order valence-corrected chi connectivity index (χ1v) is 15.9. The number of carbonyl (C=O) groups is 4. The first-order valence-electron chi connectivity index (χ1n) is 14.4. The summed E-state index contributed by atoms with van der Waals surface area (Å²) in [5.74, 6) is -2.51. The third kappa shape index (κ3) is 8.44. The number of ether oxygens (including phenoxy) is 1. The van der Waals surface area contributed by atoms with Gasteiger partial charge in [0.1, 0.15) is 18.2 Å². The van der Waals surface area contributed by atoms with Crippen LogP contribution in [0.15, 0.2) is 47.4 Å². The van der Waals surface area contributed by atoms with E-state index in [2.05, 4.69) is 4.72 Å². The molecule has 2 atom stereocenters. The molecule has 4 rings (SSSR count). The zero-order valence-electron chi connectivity index (χ0n) is 25.0. The smallest absolute Gasteiger partial charge is 0.410 e. The first kappa shape index (κ1) is 32.2. The summed E-state index contributed by atoms with van der Waals surface area (Å²) in [6, 6.07) is 9.54. The van der Waals surface area contributed by atoms with Gasteiger partial charge in [0.25, 0.3) is 0 Å². The Morgan fingerprint density at radius 3 is 2.35 bits per heavy atom. The minimum atomic E-state index is -4.28. The lowest BCUT2D eigenvalue weighted by Crippen LogP contribution is -2.54. The average Bonchev–Trinajstić information content (AvgIpc) is 3.79. The zero-order valence-corrected chi connectivity index (χ0v) is 25.8. The van der Waals surface area contributed by atoms with Crippen molar-refractivity contribution in [3.8, 4) is 0 Å². The third-order valence-corrected chi connectivity index (χ3v) is 9.04. The molecule has 2 aromatic carbocycles. The highest BCUT2D eigenvalue weighted by molar-refractivity contribution is 7.89. The number of benzene rings is 2. The molecule has 234 valence electrons. The molecule has 2 N–H and O–H groups in total. The van der Waals surface area contributed by atoms with Crippen LogP contribution in [-0.4, -0.2) is 103 Å². The molecule has 1 aliphatic heterocycles. The fourth-order valence-electron chi connectivity index (χ4n) is 5.17. The van der Waals surface area contributed by atoms with E-state index in [1.807, 2.05) is 12.1 Å². The maximum Gasteiger partial charge on any atom is 0.410 e. The molecule has 0 unspecified atom stereocenters. The van der Waals surface area contributed by atoms with Crippen molar-refractivity contribution in [2.24, 2.45) is 0 Å². The molecule has 0 bridgehead atoms. The average molecular weight is 617 g/mol. The van der Waals surface area contributed by atoms with Crippen LogP contribution >= 0.6 is 0 Å². The molecule has 0 aromatic heterocycles. The number of carboxylic acid groups (broad SMARTS) is 1. The Morgan fingerprint density at radius 2 is 1.72 bits per heavy atom. The molecule has 3 amide bonds. The molecule has 0 radical (unpaired) electrons. The minimum absolute atomic E-state index is 0.0821. The lowest BCUT2D eigenvalue weighted by molar-refractivity contribution is -0.146. The number of rotatable bonds is 10. The lowest BCUT2D eigenvalue weighted by Gasteiger charge is -2.38. The molecule has 43 heavy (non-hydrogen) atoms. The number of aliphatic carboxylic acids is 1. The quantitative estimate of drug-likeness (QED) is 0.413. The molecular weight excluding hydrogens is 576 g/mol. The largest absolute Gasteiger partial charge is 0.480 e. The molecule has 13 heteroatoms. The number of hydrogen-bond acceptors (Lipinski definition) is 7. The Hall–Kier alpha value is -3.71. The summed E-state index contributed by atoms with van der Waals surface area (Å²) < 4.78 is 34.9. The number of fused-ring (bicyclic) bond motifs is 1. The second kappa shape index (κ2) is 12.9. The first-order chi connectivity index (χ1) is 20.1. The van der Waals surface area contributed by atoms with E-state index in [4.69, 9.17) is 4.74 Å². The van der Waals surface area contributed by atoms with E-state index in [-0.39, 0.29) is 23.5 Å². The molecule has 2 aliphatic rings. The van der Waals surface area contributed by atoms with Gasteiger partial charge in [-0.25, -0.2) is 13.2 Å². The van der Waals surface area contributed by atoms with Crippen molar-refractivity contribution in [2.75, 3.05) is 26.7 Å². The second-order valence-electron chi connectivity index (χ2n) is 12.2. The predicted molar refractivity (Wildman–Crippen MR) is 159 cm³/mol. The highest BCUT2D eigenvalue weighted by atomic mass is 32.2. The highest BCUT2D eigenvalue weighted by Gasteiger charge is 2.40. The van der Waals surface area contributed by atoms with E-state index in [0.29, 0.717) is 37.6 Å². The molecule has 2 aromatic rings. The van der Waals surface area contributed by atoms with Gasteiger partial charge in [-0.3, -0.25) is 14.4 Å². The molecule has 1 saturated heterocycles. The van der Waals surface area contributed by atoms with Crippen LogP contribution in [0.3, 0.4) is 0 Å². The number of nitrogens with zero attached hydrogens (tertiary/aromatic N) is 3. The van der Waals surface area contributed by atoms with Gasteiger partial charge in [0.05, 0.1) is 11.3 Å². The SMILES string of the molecule is CN(C(=O)C[C@H](NS(=O)(=O)c1ccc2ccccc2c1)C(=O)N(CC(=O)O)C1CC1)[C@H]1CCCN(C(=O)OC(C)(C)C)C1. The Balaban J connectivity index is 1.55. The number of likely N-dealkylation sites (tertiary alicyclic amines) is 1. The second-order valence-corrected chi connectivity index (χ2v) is 13.9. The topological polar surface area (TPSA) is 154 Å². The number of likely N-dealkylation sites (N-methyl/N-ethyl adjacent to an activating group) is 1. The van der Waals surface area contributed by atoms with Crippen LogP contribution in [0.4, 0.5) is 4.79 Å². The van der Waals surface area contributed by atoms with E-state index in [9.17, 15) is 32.7 Å². The zero-order chi connectivity index (χ0) is 31.5. The Morgan fingerprint density at radius 1 is 1.05 bits per heavy atom. The number of nitrogens with one attached hydrogen (secondary N) is 1. The molecule has 1 heterocycles. The van der Waals surface area contributed by atoms with E-state index in [1.54, 1.807) is 46.0 Å². The maximum absolute atomic E-state index is 13.7. The minimum Gasteiger partial charge on any atom is -0.480 e. The van der Waals surface area contributed by atoms with Crippen molar-refractivity contribution in [2.45, 2.75) is 81.5 Å². The van der Waals surface area contributed by atoms with Crippen LogP contribution in [0.25, 0.3) is 10.8 Å². The molecule has 12 nitrogen and oxygen atoms in total. The standard InChI is InChI=1S/C30H40N4O8S/c1-30(2,3)42-29(39)33-15-7-10-23(18-33)32(4)26(35)17-25(28(38)34(19-27(36)37)22-12-13-22)31-43(40,41)24-14-11-20-8-5-6-9-21(20)16-24/h5-6,8-9,11,14,16,22-23,25,31H,7,10,12-13,15,17-19H2,1-4H3,(H,36,37)/t23-,25-/m0/s1. The van der Waals surface area contributed by atoms with Gasteiger partial charge in [-0.1, -0.05) is 30.3 Å². The summed E-state index contributed by atoms with van der Waals surface area (Å²) in [7, 11) is -2.73. The summed E-state index contributed by atoms with van der Waals surface area (Å²) >= 11 is 0. The molecule has 0 spiro atoms. The van der Waals surface area contributed by atoms with Crippen LogP contribution < -0.4 is 4.72 Å². The van der Waals surface area contributed by atoms with E-state index < -0.39 is 58.5 Å². The summed E-state index contributed by atoms with van der Waals surface area (Å²) in [5, 5.41) is 10.9. The molecule has 1 saturated carbocycles. The van der Waals surface area contributed by atoms with Gasteiger partial charge in [0.2, 0.25) is 21.8 Å². The van der Waals surface area contributed by atoms with E-state index in [1.165, 1.54) is 21.9 Å². The van der Waals surface area contributed by atoms with Gasteiger partial charge in [0, 0.05) is 32.2 Å². The van der Waals surface area contributed by atoms with Crippen LogP contribution in [0.5, 0.6) is 0 Å². The van der Waals surface area contributed by atoms with Crippen molar-refractivity contribution in [3.63, 3.8) is 0 Å². The number of sulfonamides is 1. The fourth-order valence-corrected chi connectivity index (χ4v) is 6.40. The Labute approximate surface area is 252 Å². The molecular formula is C30H40N4O8S. The molecule has 1 aliphatic carbocycles. The third-order valence-electron chi connectivity index (χ3n) is 7.57. The lowest BCUT2D eigenvalue weighted by atomic mass is 10.0. The van der Waals surface area contributed by atoms with E-state index >= 15 is 0 Å². The number of piperidine rings is 1. The highest BCUT2D eigenvalue weighted by Crippen LogP contribution is 2.28. The van der Waals surface area contributed by atoms with Crippen LogP contribution in [0.2, 0.25) is 0 Å². The fraction of sp³-hybridized carbons (Fsp3) is 0.533. The van der Waals surface area contributed by atoms with Crippen molar-refractivity contribution >= 4 is 44.7 Å². The van der Waals surface area contributed by atoms with Crippen molar-refractivity contribution in [1.29, 1.82) is 0 Å². The summed E-state index contributed by atoms with van der Waals surface area (Å²) in [5.41, 5.74) is -0.676. The van der Waals surface area contributed by atoms with Gasteiger partial charge < -0.3 is 24.5 Å². The monoisotopic (exact) mass is 616 g/mol. The normalized spacial score (nSPS) is 18.1. The van der Waals surface area contributed by atoms with Gasteiger partial charge in [-0.2, -0.15) is 4.72 Å². The number of amides is 3. The van der Waals surface area contributed by atoms with Crippen LogP contribution in [0.1, 0.15) is 52.9 Å². The maximum atomic E-state index is 13.7. The Bertz CT molecular complexity index is 1480. The Kier molecular flexibility index (Phi) is 9.65. The predicted octanol–water partition coefficient (Wildman–Crippen LogP) is 2.81. The van der Waals surface area contributed by atoms with E-state index in [0.717, 1.165) is 10.3 Å². The van der Waals surface area contributed by atoms with Crippen molar-refractivity contribution in [1.82, 2.24) is 19.4 Å². The van der Waals surface area contributed by atoms with Crippen molar-refractivity contribution < 1.29 is 37.4 Å². The number of carboxylic acids is 1. The van der Waals surface area contributed by atoms with Gasteiger partial charge in [-0.05, 0) is 69.4 Å². The van der Waals surface area contributed by atoms with Gasteiger partial charge >= 0.3 is 12.1 Å². The number of hydrogen-bond donors (Lipinski definition) is 2. The summed E-state index contributed by atoms with van der Waals surface area (Å²) in [4.78, 5) is 55.5. The number of carbonyl (C=O) groups excluding carboxylic acids is 3. The van der Waals surface area contributed by atoms with Gasteiger partial charge in [-0.15, -0.1) is 0 Å². The van der Waals surface area contributed by atoms with Gasteiger partial charge in [0.15, 0.2) is 0 Å². The summed E-state index contributed by atoms with van der Waals surface area (Å²) in [6.45, 7) is 5.42. The molecule has 2 fully saturated rings. The van der Waals surface area contributed by atoms with Crippen LogP contribution in [-0.2, 0) is 29.1 Å². The van der Waals surface area contributed by atoms with Crippen molar-refractivity contribution in [3.05, 3.63) is 42.5 Å².